The van der Waals surface area contributed by atoms with Gasteiger partial charge in [0.2, 0.25) is 5.91 Å². The van der Waals surface area contributed by atoms with Gasteiger partial charge >= 0.3 is 0 Å². The molecule has 1 aromatic carbocycles. The van der Waals surface area contributed by atoms with E-state index in [1.54, 1.807) is 0 Å². The molecule has 2 rings (SSSR count). The fraction of sp³-hybridized carbons (Fsp3) is 0.533. The molecule has 0 saturated carbocycles. The van der Waals surface area contributed by atoms with Crippen molar-refractivity contribution in [3.05, 3.63) is 35.9 Å². The Kier molecular flexibility index (Phi) is 4.42. The molecule has 1 fully saturated rings. The molecule has 110 valence electrons. The van der Waals surface area contributed by atoms with Crippen molar-refractivity contribution in [3.63, 3.8) is 0 Å². The fourth-order valence-corrected chi connectivity index (χ4v) is 2.78. The normalized spacial score (nSPS) is 24.2. The third-order valence-corrected chi connectivity index (χ3v) is 4.15. The molecule has 0 spiro atoms. The Balaban J connectivity index is 2.20. The van der Waals surface area contributed by atoms with Crippen LogP contribution in [0.25, 0.3) is 0 Å². The molecule has 0 radical (unpaired) electrons. The zero-order valence-electron chi connectivity index (χ0n) is 12.2. The van der Waals surface area contributed by atoms with Crippen molar-refractivity contribution in [3.8, 4) is 0 Å². The van der Waals surface area contributed by atoms with E-state index < -0.39 is 11.4 Å². The van der Waals surface area contributed by atoms with Crippen molar-refractivity contribution in [2.75, 3.05) is 33.2 Å². The third kappa shape index (κ3) is 3.00. The number of carbonyl (C=O) groups excluding carboxylic acids is 1. The summed E-state index contributed by atoms with van der Waals surface area (Å²) in [6, 6.07) is 9.76. The molecule has 5 nitrogen and oxygen atoms in total. The molecule has 1 saturated heterocycles. The summed E-state index contributed by atoms with van der Waals surface area (Å²) >= 11 is 0. The van der Waals surface area contributed by atoms with Gasteiger partial charge in [0.1, 0.15) is 5.54 Å². The van der Waals surface area contributed by atoms with Gasteiger partial charge in [-0.2, -0.15) is 0 Å². The van der Waals surface area contributed by atoms with Gasteiger partial charge in [-0.15, -0.1) is 0 Å². The molecule has 1 aromatic rings. The average Bonchev–Trinajstić information content (AvgIpc) is 2.42. The first kappa shape index (κ1) is 15.0. The lowest BCUT2D eigenvalue weighted by atomic mass is 9.89. The minimum Gasteiger partial charge on any atom is -0.368 e. The quantitative estimate of drug-likeness (QED) is 0.809. The predicted octanol–water partition coefficient (Wildman–Crippen LogP) is -0.0382. The van der Waals surface area contributed by atoms with E-state index in [4.69, 9.17) is 11.5 Å². The van der Waals surface area contributed by atoms with E-state index in [-0.39, 0.29) is 0 Å². The molecular weight excluding hydrogens is 252 g/mol. The van der Waals surface area contributed by atoms with Crippen LogP contribution in [-0.2, 0) is 10.3 Å². The number of benzene rings is 1. The zero-order chi connectivity index (χ0) is 14.8. The largest absolute Gasteiger partial charge is 0.368 e. The van der Waals surface area contributed by atoms with Crippen molar-refractivity contribution in [2.45, 2.75) is 18.5 Å². The van der Waals surface area contributed by atoms with Crippen LogP contribution in [0.5, 0.6) is 0 Å². The Labute approximate surface area is 120 Å². The number of likely N-dealkylation sites (N-methyl/N-ethyl adjacent to an activating group) is 1. The topological polar surface area (TPSA) is 75.6 Å². The Morgan fingerprint density at radius 1 is 1.35 bits per heavy atom. The Hall–Kier alpha value is -1.43. The van der Waals surface area contributed by atoms with Gasteiger partial charge in [-0.05, 0) is 19.5 Å². The average molecular weight is 276 g/mol. The van der Waals surface area contributed by atoms with Crippen LogP contribution < -0.4 is 11.5 Å². The highest BCUT2D eigenvalue weighted by Crippen LogP contribution is 2.21. The lowest BCUT2D eigenvalue weighted by molar-refractivity contribution is -0.124. The maximum Gasteiger partial charge on any atom is 0.243 e. The molecule has 4 N–H and O–H groups in total. The van der Waals surface area contributed by atoms with Crippen LogP contribution in [0.15, 0.2) is 30.3 Å². The van der Waals surface area contributed by atoms with Gasteiger partial charge in [-0.25, -0.2) is 0 Å². The van der Waals surface area contributed by atoms with Gasteiger partial charge < -0.3 is 16.4 Å². The molecule has 2 atom stereocenters. The van der Waals surface area contributed by atoms with Crippen molar-refractivity contribution in [1.82, 2.24) is 9.80 Å². The van der Waals surface area contributed by atoms with Gasteiger partial charge in [0.15, 0.2) is 0 Å². The Bertz CT molecular complexity index is 464. The summed E-state index contributed by atoms with van der Waals surface area (Å²) in [6.45, 7) is 5.47. The van der Waals surface area contributed by atoms with E-state index in [2.05, 4.69) is 23.8 Å². The molecule has 1 heterocycles. The van der Waals surface area contributed by atoms with E-state index in [0.29, 0.717) is 12.6 Å². The van der Waals surface area contributed by atoms with Crippen LogP contribution in [0.3, 0.4) is 0 Å². The predicted molar refractivity (Wildman–Crippen MR) is 80.0 cm³/mol. The molecule has 1 amide bonds. The van der Waals surface area contributed by atoms with E-state index in [9.17, 15) is 4.79 Å². The number of nitrogens with two attached hydrogens (primary N) is 2. The van der Waals surface area contributed by atoms with Gasteiger partial charge in [0.25, 0.3) is 0 Å². The summed E-state index contributed by atoms with van der Waals surface area (Å²) in [5, 5.41) is 0. The fourth-order valence-electron chi connectivity index (χ4n) is 2.78. The number of piperazine rings is 1. The molecule has 0 bridgehead atoms. The summed E-state index contributed by atoms with van der Waals surface area (Å²) in [5.74, 6) is -0.477. The number of hydrogen-bond acceptors (Lipinski definition) is 4. The van der Waals surface area contributed by atoms with Crippen LogP contribution in [0.1, 0.15) is 12.5 Å². The minimum atomic E-state index is -1.13. The lowest BCUT2D eigenvalue weighted by Crippen LogP contribution is -2.61. The second-order valence-electron chi connectivity index (χ2n) is 5.78. The van der Waals surface area contributed by atoms with Crippen LogP contribution in [-0.4, -0.2) is 55.0 Å². The highest BCUT2D eigenvalue weighted by Gasteiger charge is 2.38. The lowest BCUT2D eigenvalue weighted by Gasteiger charge is -2.42. The molecule has 1 aliphatic rings. The number of carbonyl (C=O) groups is 1. The number of hydrogen-bond donors (Lipinski definition) is 2. The summed E-state index contributed by atoms with van der Waals surface area (Å²) in [4.78, 5) is 16.5. The van der Waals surface area contributed by atoms with Crippen LogP contribution in [0.2, 0.25) is 0 Å². The maximum absolute atomic E-state index is 11.9. The monoisotopic (exact) mass is 276 g/mol. The standard InChI is InChI=1S/C15H24N4O/c1-12-10-18(2)8-9-19(12)11-15(17,14(16)20)13-6-4-3-5-7-13/h3-7,12H,8-11,17H2,1-2H3,(H2,16,20). The van der Waals surface area contributed by atoms with Crippen molar-refractivity contribution < 1.29 is 4.79 Å². The number of primary amides is 1. The molecular formula is C15H24N4O. The minimum absolute atomic E-state index is 0.361. The second-order valence-corrected chi connectivity index (χ2v) is 5.78. The van der Waals surface area contributed by atoms with Crippen molar-refractivity contribution in [2.24, 2.45) is 11.5 Å². The summed E-state index contributed by atoms with van der Waals surface area (Å²) in [7, 11) is 2.11. The zero-order valence-corrected chi connectivity index (χ0v) is 12.2. The molecule has 2 unspecified atom stereocenters. The van der Waals surface area contributed by atoms with E-state index >= 15 is 0 Å². The molecule has 20 heavy (non-hydrogen) atoms. The Morgan fingerprint density at radius 2 is 2.00 bits per heavy atom. The Morgan fingerprint density at radius 3 is 2.55 bits per heavy atom. The second kappa shape index (κ2) is 5.91. The maximum atomic E-state index is 11.9. The summed E-state index contributed by atoms with van der Waals surface area (Å²) < 4.78 is 0. The smallest absolute Gasteiger partial charge is 0.243 e. The van der Waals surface area contributed by atoms with Gasteiger partial charge in [0, 0.05) is 32.2 Å². The van der Waals surface area contributed by atoms with E-state index in [0.717, 1.165) is 25.2 Å². The summed E-state index contributed by atoms with van der Waals surface area (Å²) in [5.41, 5.74) is 11.6. The molecule has 5 heteroatoms. The highest BCUT2D eigenvalue weighted by molar-refractivity contribution is 5.86. The van der Waals surface area contributed by atoms with Crippen LogP contribution in [0, 0.1) is 0 Å². The van der Waals surface area contributed by atoms with E-state index in [1.807, 2.05) is 30.3 Å². The molecule has 0 aromatic heterocycles. The molecule has 0 aliphatic carbocycles. The number of nitrogens with zero attached hydrogens (tertiary/aromatic N) is 2. The van der Waals surface area contributed by atoms with E-state index in [1.165, 1.54) is 0 Å². The summed E-state index contributed by atoms with van der Waals surface area (Å²) in [6.07, 6.45) is 0. The number of rotatable bonds is 4. The first-order valence-corrected chi connectivity index (χ1v) is 7.00. The molecule has 1 aliphatic heterocycles. The van der Waals surface area contributed by atoms with Crippen LogP contribution >= 0.6 is 0 Å². The van der Waals surface area contributed by atoms with Crippen molar-refractivity contribution >= 4 is 5.91 Å². The van der Waals surface area contributed by atoms with Gasteiger partial charge in [0.05, 0.1) is 0 Å². The van der Waals surface area contributed by atoms with Crippen molar-refractivity contribution in [1.29, 1.82) is 0 Å². The SMILES string of the molecule is CC1CN(C)CCN1CC(N)(C(N)=O)c1ccccc1. The first-order chi connectivity index (χ1) is 9.43. The van der Waals surface area contributed by atoms with Gasteiger partial charge in [-0.3, -0.25) is 9.69 Å². The van der Waals surface area contributed by atoms with Crippen LogP contribution in [0.4, 0.5) is 0 Å². The first-order valence-electron chi connectivity index (χ1n) is 7.00. The van der Waals surface area contributed by atoms with Gasteiger partial charge in [-0.1, -0.05) is 30.3 Å². The third-order valence-electron chi connectivity index (χ3n) is 4.15. The highest BCUT2D eigenvalue weighted by atomic mass is 16.1. The number of amides is 1.